The van der Waals surface area contributed by atoms with E-state index in [1.165, 1.54) is 12.2 Å². The van der Waals surface area contributed by atoms with Crippen molar-refractivity contribution >= 4 is 23.2 Å². The Hall–Kier alpha value is -1.43. The monoisotopic (exact) mass is 245 g/mol. The van der Waals surface area contributed by atoms with Crippen molar-refractivity contribution in [1.29, 1.82) is 0 Å². The SMILES string of the molecule is C=CCOC(=O)NCCSC(=O)OCC=C. The molecule has 90 valence electrons. The highest BCUT2D eigenvalue weighted by molar-refractivity contribution is 8.13. The van der Waals surface area contributed by atoms with Gasteiger partial charge in [0.2, 0.25) is 0 Å². The van der Waals surface area contributed by atoms with E-state index < -0.39 is 6.09 Å². The van der Waals surface area contributed by atoms with Gasteiger partial charge in [0.1, 0.15) is 13.2 Å². The van der Waals surface area contributed by atoms with Gasteiger partial charge in [-0.25, -0.2) is 9.59 Å². The van der Waals surface area contributed by atoms with Gasteiger partial charge in [0.05, 0.1) is 0 Å². The highest BCUT2D eigenvalue weighted by atomic mass is 32.2. The third-order valence-corrected chi connectivity index (χ3v) is 2.00. The number of hydrogen-bond donors (Lipinski definition) is 1. The molecule has 0 aliphatic carbocycles. The summed E-state index contributed by atoms with van der Waals surface area (Å²) in [4.78, 5) is 21.9. The van der Waals surface area contributed by atoms with Crippen LogP contribution in [0.4, 0.5) is 9.59 Å². The normalized spacial score (nSPS) is 9.00. The molecular weight excluding hydrogens is 230 g/mol. The zero-order valence-corrected chi connectivity index (χ0v) is 9.76. The van der Waals surface area contributed by atoms with Crippen molar-refractivity contribution in [3.05, 3.63) is 25.3 Å². The first-order valence-corrected chi connectivity index (χ1v) is 5.61. The van der Waals surface area contributed by atoms with Gasteiger partial charge in [-0.05, 0) is 11.8 Å². The summed E-state index contributed by atoms with van der Waals surface area (Å²) in [5.41, 5.74) is 0. The molecule has 0 atom stereocenters. The lowest BCUT2D eigenvalue weighted by atomic mass is 10.7. The van der Waals surface area contributed by atoms with Crippen molar-refractivity contribution in [3.8, 4) is 0 Å². The maximum absolute atomic E-state index is 11.0. The van der Waals surface area contributed by atoms with E-state index in [-0.39, 0.29) is 18.5 Å². The van der Waals surface area contributed by atoms with E-state index in [2.05, 4.69) is 23.2 Å². The summed E-state index contributed by atoms with van der Waals surface area (Å²) in [6.45, 7) is 7.51. The van der Waals surface area contributed by atoms with Crippen LogP contribution in [0.1, 0.15) is 0 Å². The van der Waals surface area contributed by atoms with Crippen LogP contribution in [0, 0.1) is 0 Å². The lowest BCUT2D eigenvalue weighted by Crippen LogP contribution is -2.26. The minimum absolute atomic E-state index is 0.167. The molecule has 0 spiro atoms. The van der Waals surface area contributed by atoms with Crippen molar-refractivity contribution in [2.24, 2.45) is 0 Å². The molecule has 0 rings (SSSR count). The lowest BCUT2D eigenvalue weighted by Gasteiger charge is -2.04. The van der Waals surface area contributed by atoms with E-state index in [0.29, 0.717) is 12.3 Å². The van der Waals surface area contributed by atoms with Crippen molar-refractivity contribution in [2.75, 3.05) is 25.5 Å². The number of alkyl carbamates (subject to hydrolysis) is 1. The molecule has 0 radical (unpaired) electrons. The van der Waals surface area contributed by atoms with E-state index in [1.54, 1.807) is 0 Å². The average Bonchev–Trinajstić information content (AvgIpc) is 2.29. The van der Waals surface area contributed by atoms with Crippen LogP contribution >= 0.6 is 11.8 Å². The lowest BCUT2D eigenvalue weighted by molar-refractivity contribution is 0.159. The third-order valence-electron chi connectivity index (χ3n) is 1.24. The fourth-order valence-corrected chi connectivity index (χ4v) is 1.16. The van der Waals surface area contributed by atoms with E-state index in [0.717, 1.165) is 11.8 Å². The number of ether oxygens (including phenoxy) is 2. The minimum Gasteiger partial charge on any atom is -0.453 e. The van der Waals surface area contributed by atoms with Crippen molar-refractivity contribution in [3.63, 3.8) is 0 Å². The van der Waals surface area contributed by atoms with Crippen molar-refractivity contribution in [2.45, 2.75) is 0 Å². The predicted octanol–water partition coefficient (Wildman–Crippen LogP) is 1.95. The van der Waals surface area contributed by atoms with Gasteiger partial charge >= 0.3 is 11.4 Å². The molecule has 0 aromatic heterocycles. The Bertz CT molecular complexity index is 229. The standard InChI is InChI=1S/C10H15NO4S/c1-3-6-14-9(12)11-5-8-16-10(13)15-7-4-2/h3-4H,1-2,5-8H2,(H,11,12). The molecule has 0 unspecified atom stereocenters. The summed E-state index contributed by atoms with van der Waals surface area (Å²) in [6.07, 6.45) is 2.43. The highest BCUT2D eigenvalue weighted by Gasteiger charge is 2.03. The van der Waals surface area contributed by atoms with Crippen LogP contribution in [0.2, 0.25) is 0 Å². The topological polar surface area (TPSA) is 64.6 Å². The fourth-order valence-electron chi connectivity index (χ4n) is 0.642. The number of carbonyl (C=O) groups excluding carboxylic acids is 2. The van der Waals surface area contributed by atoms with Gasteiger partial charge in [-0.1, -0.05) is 25.3 Å². The smallest absolute Gasteiger partial charge is 0.407 e. The molecule has 6 heteroatoms. The molecule has 0 fully saturated rings. The van der Waals surface area contributed by atoms with Crippen LogP contribution in [-0.2, 0) is 9.47 Å². The van der Waals surface area contributed by atoms with E-state index in [4.69, 9.17) is 4.74 Å². The summed E-state index contributed by atoms with van der Waals surface area (Å²) >= 11 is 0.983. The summed E-state index contributed by atoms with van der Waals surface area (Å²) in [7, 11) is 0. The summed E-state index contributed by atoms with van der Waals surface area (Å²) in [6, 6.07) is 0. The molecule has 0 saturated carbocycles. The maximum Gasteiger partial charge on any atom is 0.407 e. The molecular formula is C10H15NO4S. The maximum atomic E-state index is 11.0. The van der Waals surface area contributed by atoms with Gasteiger partial charge in [-0.2, -0.15) is 0 Å². The number of thioether (sulfide) groups is 1. The molecule has 0 bridgehead atoms. The van der Waals surface area contributed by atoms with Gasteiger partial charge in [-0.15, -0.1) is 0 Å². The van der Waals surface area contributed by atoms with Crippen LogP contribution in [0.3, 0.4) is 0 Å². The molecule has 0 heterocycles. The molecule has 0 aliphatic rings. The molecule has 0 aromatic carbocycles. The van der Waals surface area contributed by atoms with Crippen molar-refractivity contribution < 1.29 is 19.1 Å². The van der Waals surface area contributed by atoms with Crippen LogP contribution in [0.25, 0.3) is 0 Å². The molecule has 0 aliphatic heterocycles. The first-order chi connectivity index (χ1) is 7.70. The molecule has 16 heavy (non-hydrogen) atoms. The molecule has 1 N–H and O–H groups in total. The van der Waals surface area contributed by atoms with Gasteiger partial charge in [0.15, 0.2) is 0 Å². The number of hydrogen-bond acceptors (Lipinski definition) is 5. The second kappa shape index (κ2) is 10.1. The Balaban J connectivity index is 3.37. The fraction of sp³-hybridized carbons (Fsp3) is 0.400. The van der Waals surface area contributed by atoms with Gasteiger partial charge in [-0.3, -0.25) is 0 Å². The molecule has 5 nitrogen and oxygen atoms in total. The Labute approximate surface area is 98.9 Å². The zero-order chi connectivity index (χ0) is 12.2. The second-order valence-corrected chi connectivity index (χ2v) is 3.54. The predicted molar refractivity (Wildman–Crippen MR) is 63.6 cm³/mol. The first-order valence-electron chi connectivity index (χ1n) is 4.62. The summed E-state index contributed by atoms with van der Waals surface area (Å²) in [5.74, 6) is 0.430. The van der Waals surface area contributed by atoms with Crippen LogP contribution < -0.4 is 5.32 Å². The zero-order valence-electron chi connectivity index (χ0n) is 8.94. The number of amides is 1. The minimum atomic E-state index is -0.528. The van der Waals surface area contributed by atoms with E-state index in [9.17, 15) is 9.59 Å². The first kappa shape index (κ1) is 14.6. The highest BCUT2D eigenvalue weighted by Crippen LogP contribution is 2.03. The quantitative estimate of drug-likeness (QED) is 0.422. The second-order valence-electron chi connectivity index (χ2n) is 2.51. The molecule has 1 amide bonds. The van der Waals surface area contributed by atoms with Crippen LogP contribution in [0.15, 0.2) is 25.3 Å². The van der Waals surface area contributed by atoms with Gasteiger partial charge in [0.25, 0.3) is 0 Å². The van der Waals surface area contributed by atoms with Crippen molar-refractivity contribution in [1.82, 2.24) is 5.32 Å². The number of rotatable bonds is 7. The average molecular weight is 245 g/mol. The Morgan fingerprint density at radius 1 is 1.19 bits per heavy atom. The third kappa shape index (κ3) is 9.14. The van der Waals surface area contributed by atoms with E-state index in [1.807, 2.05) is 0 Å². The Morgan fingerprint density at radius 2 is 1.81 bits per heavy atom. The molecule has 0 aromatic rings. The number of carbonyl (C=O) groups is 2. The van der Waals surface area contributed by atoms with E-state index >= 15 is 0 Å². The van der Waals surface area contributed by atoms with Gasteiger partial charge in [0, 0.05) is 12.3 Å². The van der Waals surface area contributed by atoms with Crippen LogP contribution in [0.5, 0.6) is 0 Å². The van der Waals surface area contributed by atoms with Crippen LogP contribution in [-0.4, -0.2) is 36.9 Å². The Kier molecular flexibility index (Phi) is 9.20. The largest absolute Gasteiger partial charge is 0.453 e. The number of nitrogens with one attached hydrogen (secondary N) is 1. The van der Waals surface area contributed by atoms with Gasteiger partial charge < -0.3 is 14.8 Å². The summed E-state index contributed by atoms with van der Waals surface area (Å²) in [5, 5.41) is 2.08. The Morgan fingerprint density at radius 3 is 2.44 bits per heavy atom. The summed E-state index contributed by atoms with van der Waals surface area (Å²) < 4.78 is 9.37. The molecule has 0 saturated heterocycles.